The van der Waals surface area contributed by atoms with E-state index in [0.29, 0.717) is 5.75 Å². The SMILES string of the molecule is COc1cccc(-n2cncn2)c1-c1nc2cc(-c3cnc(N)nc3)ccc2n1C(C)(C)C. The first kappa shape index (κ1) is 20.6. The van der Waals surface area contributed by atoms with Crippen LogP contribution < -0.4 is 10.5 Å². The van der Waals surface area contributed by atoms with Crippen molar-refractivity contribution < 1.29 is 4.74 Å². The molecule has 0 fully saturated rings. The van der Waals surface area contributed by atoms with E-state index in [4.69, 9.17) is 15.5 Å². The molecule has 3 aromatic heterocycles. The predicted molar refractivity (Wildman–Crippen MR) is 127 cm³/mol. The van der Waals surface area contributed by atoms with E-state index in [-0.39, 0.29) is 11.5 Å². The Morgan fingerprint density at radius 1 is 1.00 bits per heavy atom. The van der Waals surface area contributed by atoms with Crippen molar-refractivity contribution in [3.63, 3.8) is 0 Å². The van der Waals surface area contributed by atoms with Crippen LogP contribution in [-0.4, -0.2) is 41.4 Å². The molecule has 0 aliphatic heterocycles. The maximum absolute atomic E-state index is 5.76. The number of nitrogens with two attached hydrogens (primary N) is 1. The highest BCUT2D eigenvalue weighted by molar-refractivity contribution is 5.88. The Hall–Kier alpha value is -4.27. The number of fused-ring (bicyclic) bond motifs is 1. The van der Waals surface area contributed by atoms with Crippen molar-refractivity contribution in [2.45, 2.75) is 26.3 Å². The molecule has 2 aromatic carbocycles. The summed E-state index contributed by atoms with van der Waals surface area (Å²) in [4.78, 5) is 17.4. The highest BCUT2D eigenvalue weighted by atomic mass is 16.5. The van der Waals surface area contributed by atoms with E-state index in [9.17, 15) is 0 Å². The second-order valence-electron chi connectivity index (χ2n) is 8.67. The number of imidazole rings is 1. The van der Waals surface area contributed by atoms with Crippen LogP contribution in [-0.2, 0) is 5.54 Å². The summed E-state index contributed by atoms with van der Waals surface area (Å²) in [6.45, 7) is 6.47. The molecule has 5 rings (SSSR count). The van der Waals surface area contributed by atoms with Gasteiger partial charge < -0.3 is 15.0 Å². The highest BCUT2D eigenvalue weighted by Gasteiger charge is 2.27. The number of anilines is 1. The van der Waals surface area contributed by atoms with Crippen LogP contribution in [0.4, 0.5) is 5.95 Å². The molecule has 2 N–H and O–H groups in total. The van der Waals surface area contributed by atoms with E-state index in [1.54, 1.807) is 30.5 Å². The number of hydrogen-bond donors (Lipinski definition) is 1. The molecule has 0 radical (unpaired) electrons. The third-order valence-corrected chi connectivity index (χ3v) is 5.44. The van der Waals surface area contributed by atoms with Crippen LogP contribution in [0.25, 0.3) is 39.2 Å². The van der Waals surface area contributed by atoms with E-state index >= 15 is 0 Å². The van der Waals surface area contributed by atoms with Crippen LogP contribution in [0.1, 0.15) is 20.8 Å². The Labute approximate surface area is 190 Å². The number of methoxy groups -OCH3 is 1. The molecule has 0 aliphatic rings. The van der Waals surface area contributed by atoms with Gasteiger partial charge in [-0.2, -0.15) is 5.10 Å². The van der Waals surface area contributed by atoms with Crippen molar-refractivity contribution in [1.29, 1.82) is 0 Å². The molecule has 0 aliphatic carbocycles. The topological polar surface area (TPSA) is 110 Å². The molecule has 33 heavy (non-hydrogen) atoms. The van der Waals surface area contributed by atoms with Crippen molar-refractivity contribution in [1.82, 2.24) is 34.3 Å². The average Bonchev–Trinajstić information content (AvgIpc) is 3.46. The van der Waals surface area contributed by atoms with Crippen molar-refractivity contribution in [2.24, 2.45) is 0 Å². The number of ether oxygens (including phenoxy) is 1. The lowest BCUT2D eigenvalue weighted by molar-refractivity contribution is 0.404. The third kappa shape index (κ3) is 3.57. The molecule has 9 nitrogen and oxygen atoms in total. The van der Waals surface area contributed by atoms with Crippen LogP contribution in [0.3, 0.4) is 0 Å². The van der Waals surface area contributed by atoms with Crippen LogP contribution in [0.2, 0.25) is 0 Å². The number of nitrogens with zero attached hydrogens (tertiary/aromatic N) is 7. The zero-order valence-corrected chi connectivity index (χ0v) is 18.9. The van der Waals surface area contributed by atoms with Gasteiger partial charge >= 0.3 is 0 Å². The van der Waals surface area contributed by atoms with Crippen LogP contribution in [0.15, 0.2) is 61.4 Å². The first-order valence-corrected chi connectivity index (χ1v) is 10.5. The first-order valence-electron chi connectivity index (χ1n) is 10.5. The van der Waals surface area contributed by atoms with Crippen LogP contribution >= 0.6 is 0 Å². The van der Waals surface area contributed by atoms with E-state index in [1.165, 1.54) is 6.33 Å². The Balaban J connectivity index is 1.80. The zero-order chi connectivity index (χ0) is 23.2. The van der Waals surface area contributed by atoms with Gasteiger partial charge in [-0.15, -0.1) is 0 Å². The summed E-state index contributed by atoms with van der Waals surface area (Å²) in [6, 6.07) is 12.0. The quantitative estimate of drug-likeness (QED) is 0.448. The van der Waals surface area contributed by atoms with E-state index in [1.807, 2.05) is 30.3 Å². The summed E-state index contributed by atoms with van der Waals surface area (Å²) in [6.07, 6.45) is 6.61. The van der Waals surface area contributed by atoms with Gasteiger partial charge in [0.2, 0.25) is 5.95 Å². The molecule has 166 valence electrons. The van der Waals surface area contributed by atoms with Crippen molar-refractivity contribution >= 4 is 17.0 Å². The van der Waals surface area contributed by atoms with Crippen molar-refractivity contribution in [2.75, 3.05) is 12.8 Å². The molecule has 0 saturated heterocycles. The lowest BCUT2D eigenvalue weighted by Gasteiger charge is -2.26. The molecule has 5 aromatic rings. The molecule has 0 bridgehead atoms. The van der Waals surface area contributed by atoms with Crippen molar-refractivity contribution in [3.05, 3.63) is 61.4 Å². The molecular formula is C24H24N8O. The van der Waals surface area contributed by atoms with Gasteiger partial charge in [0.25, 0.3) is 0 Å². The second-order valence-corrected chi connectivity index (χ2v) is 8.67. The van der Waals surface area contributed by atoms with E-state index in [0.717, 1.165) is 39.2 Å². The first-order chi connectivity index (χ1) is 15.9. The largest absolute Gasteiger partial charge is 0.496 e. The number of nitrogen functional groups attached to an aromatic ring is 1. The predicted octanol–water partition coefficient (Wildman–Crippen LogP) is 4.09. The van der Waals surface area contributed by atoms with Gasteiger partial charge in [-0.05, 0) is 50.6 Å². The zero-order valence-electron chi connectivity index (χ0n) is 18.9. The third-order valence-electron chi connectivity index (χ3n) is 5.44. The normalized spacial score (nSPS) is 11.8. The minimum absolute atomic E-state index is 0.246. The lowest BCUT2D eigenvalue weighted by atomic mass is 10.0. The fourth-order valence-electron chi connectivity index (χ4n) is 4.03. The molecule has 0 saturated carbocycles. The van der Waals surface area contributed by atoms with E-state index in [2.05, 4.69) is 51.5 Å². The van der Waals surface area contributed by atoms with E-state index < -0.39 is 0 Å². The van der Waals surface area contributed by atoms with Gasteiger partial charge in [0, 0.05) is 23.5 Å². The maximum atomic E-state index is 5.76. The smallest absolute Gasteiger partial charge is 0.219 e. The molecule has 0 amide bonds. The number of hydrogen-bond acceptors (Lipinski definition) is 7. The number of benzene rings is 2. The summed E-state index contributed by atoms with van der Waals surface area (Å²) in [7, 11) is 1.66. The van der Waals surface area contributed by atoms with Gasteiger partial charge in [-0.25, -0.2) is 24.6 Å². The molecule has 3 heterocycles. The summed E-state index contributed by atoms with van der Waals surface area (Å²) < 4.78 is 9.71. The average molecular weight is 441 g/mol. The Bertz CT molecular complexity index is 1430. The monoisotopic (exact) mass is 440 g/mol. The van der Waals surface area contributed by atoms with Gasteiger partial charge in [0.1, 0.15) is 24.2 Å². The molecule has 0 unspecified atom stereocenters. The highest BCUT2D eigenvalue weighted by Crippen LogP contribution is 2.40. The number of rotatable bonds is 4. The summed E-state index contributed by atoms with van der Waals surface area (Å²) in [5, 5.41) is 4.34. The fraction of sp³-hybridized carbons (Fsp3) is 0.208. The van der Waals surface area contributed by atoms with Gasteiger partial charge in [0.05, 0.1) is 29.4 Å². The Morgan fingerprint density at radius 3 is 2.45 bits per heavy atom. The summed E-state index contributed by atoms with van der Waals surface area (Å²) >= 11 is 0. The summed E-state index contributed by atoms with van der Waals surface area (Å²) in [5.41, 5.74) is 10.8. The minimum atomic E-state index is -0.254. The van der Waals surface area contributed by atoms with Crippen LogP contribution in [0, 0.1) is 0 Å². The molecule has 9 heteroatoms. The Morgan fingerprint density at radius 2 is 1.79 bits per heavy atom. The minimum Gasteiger partial charge on any atom is -0.496 e. The van der Waals surface area contributed by atoms with Crippen LogP contribution in [0.5, 0.6) is 5.75 Å². The van der Waals surface area contributed by atoms with Gasteiger partial charge in [0.15, 0.2) is 0 Å². The van der Waals surface area contributed by atoms with Gasteiger partial charge in [-0.1, -0.05) is 12.1 Å². The molecule has 0 atom stereocenters. The summed E-state index contributed by atoms with van der Waals surface area (Å²) in [5.74, 6) is 1.73. The molecular weight excluding hydrogens is 416 g/mol. The Kier molecular flexibility index (Phi) is 4.81. The van der Waals surface area contributed by atoms with Crippen molar-refractivity contribution in [3.8, 4) is 34.0 Å². The maximum Gasteiger partial charge on any atom is 0.219 e. The lowest BCUT2D eigenvalue weighted by Crippen LogP contribution is -2.23. The molecule has 0 spiro atoms. The second kappa shape index (κ2) is 7.70. The standard InChI is InChI=1S/C24H24N8O/c1-24(2,3)32-18-9-8-15(16-11-27-23(25)28-12-16)10-17(18)30-22(32)21-19(31-14-26-13-29-31)6-5-7-20(21)33-4/h5-14H,1-4H3,(H2,25,27,28). The van der Waals surface area contributed by atoms with Gasteiger partial charge in [-0.3, -0.25) is 0 Å². The fourth-order valence-corrected chi connectivity index (χ4v) is 4.03. The number of aromatic nitrogens is 7.